The summed E-state index contributed by atoms with van der Waals surface area (Å²) in [5.41, 5.74) is -0.703. The summed E-state index contributed by atoms with van der Waals surface area (Å²) in [6, 6.07) is 3.43. The van der Waals surface area contributed by atoms with Gasteiger partial charge in [-0.3, -0.25) is 4.55 Å². The molecule has 0 atom stereocenters. The first-order valence-electron chi connectivity index (χ1n) is 6.99. The first kappa shape index (κ1) is 24.3. The molecule has 0 aliphatic rings. The number of hydrogen-bond donors (Lipinski definition) is 1. The van der Waals surface area contributed by atoms with Crippen molar-refractivity contribution in [2.75, 3.05) is 0 Å². The average molecular weight is 460 g/mol. The second-order valence-electron chi connectivity index (χ2n) is 6.31. The van der Waals surface area contributed by atoms with Gasteiger partial charge < -0.3 is 8.92 Å². The van der Waals surface area contributed by atoms with Crippen molar-refractivity contribution in [1.29, 1.82) is 0 Å². The van der Waals surface area contributed by atoms with Crippen LogP contribution in [0.2, 0.25) is 0 Å². The van der Waals surface area contributed by atoms with Crippen molar-refractivity contribution in [3.8, 4) is 11.5 Å². The van der Waals surface area contributed by atoms with Crippen LogP contribution in [0, 0.1) is 0 Å². The molecule has 0 saturated carbocycles. The van der Waals surface area contributed by atoms with Gasteiger partial charge in [0.15, 0.2) is 0 Å². The number of alkyl halides is 6. The second kappa shape index (κ2) is 6.95. The second-order valence-corrected chi connectivity index (χ2v) is 9.36. The number of ether oxygens (including phenoxy) is 1. The molecular formula is C13H14F6O7S2. The van der Waals surface area contributed by atoms with Gasteiger partial charge in [0.05, 0.1) is 0 Å². The topological polar surface area (TPSA) is 107 Å². The minimum absolute atomic E-state index is 0.104. The Labute approximate surface area is 156 Å². The van der Waals surface area contributed by atoms with Crippen LogP contribution in [0.25, 0.3) is 0 Å². The lowest BCUT2D eigenvalue weighted by molar-refractivity contribution is -0.247. The van der Waals surface area contributed by atoms with Gasteiger partial charge in [-0.05, 0) is 45.0 Å². The molecule has 0 fully saturated rings. The monoisotopic (exact) mass is 460 g/mol. The van der Waals surface area contributed by atoms with E-state index >= 15 is 0 Å². The Morgan fingerprint density at radius 2 is 1.18 bits per heavy atom. The lowest BCUT2D eigenvalue weighted by atomic mass is 10.2. The molecule has 0 radical (unpaired) electrons. The van der Waals surface area contributed by atoms with Gasteiger partial charge in [-0.1, -0.05) is 0 Å². The fourth-order valence-corrected chi connectivity index (χ4v) is 3.01. The van der Waals surface area contributed by atoms with Crippen molar-refractivity contribution in [1.82, 2.24) is 0 Å². The molecule has 0 heterocycles. The van der Waals surface area contributed by atoms with E-state index in [4.69, 9.17) is 9.29 Å². The molecule has 28 heavy (non-hydrogen) atoms. The molecule has 0 aliphatic heterocycles. The number of benzene rings is 1. The number of rotatable bonds is 7. The van der Waals surface area contributed by atoms with E-state index in [0.717, 1.165) is 12.1 Å². The molecule has 0 aliphatic carbocycles. The molecule has 0 bridgehead atoms. The molecule has 7 nitrogen and oxygen atoms in total. The van der Waals surface area contributed by atoms with E-state index < -0.39 is 48.0 Å². The van der Waals surface area contributed by atoms with Gasteiger partial charge in [-0.15, -0.1) is 0 Å². The summed E-state index contributed by atoms with van der Waals surface area (Å²) in [6.07, 6.45) is 0. The molecular weight excluding hydrogens is 446 g/mol. The molecule has 0 saturated heterocycles. The van der Waals surface area contributed by atoms with E-state index in [9.17, 15) is 43.2 Å². The van der Waals surface area contributed by atoms with Crippen molar-refractivity contribution in [2.24, 2.45) is 0 Å². The predicted molar refractivity (Wildman–Crippen MR) is 82.8 cm³/mol. The Morgan fingerprint density at radius 1 is 0.786 bits per heavy atom. The van der Waals surface area contributed by atoms with Crippen molar-refractivity contribution in [2.45, 2.75) is 42.8 Å². The predicted octanol–water partition coefficient (Wildman–Crippen LogP) is 3.28. The van der Waals surface area contributed by atoms with Crippen molar-refractivity contribution < 1.29 is 56.7 Å². The van der Waals surface area contributed by atoms with Crippen LogP contribution in [0.4, 0.5) is 26.3 Å². The summed E-state index contributed by atoms with van der Waals surface area (Å²) < 4.78 is 141. The lowest BCUT2D eigenvalue weighted by Gasteiger charge is -2.29. The smallest absolute Gasteiger partial charge is 0.450 e. The van der Waals surface area contributed by atoms with Gasteiger partial charge >= 0.3 is 36.7 Å². The van der Waals surface area contributed by atoms with Crippen LogP contribution < -0.4 is 8.92 Å². The van der Waals surface area contributed by atoms with Crippen molar-refractivity contribution in [3.63, 3.8) is 0 Å². The minimum atomic E-state index is -7.10. The first-order valence-corrected chi connectivity index (χ1v) is 9.84. The van der Waals surface area contributed by atoms with Crippen LogP contribution in [0.1, 0.15) is 20.8 Å². The van der Waals surface area contributed by atoms with E-state index in [0.29, 0.717) is 12.1 Å². The van der Waals surface area contributed by atoms with Gasteiger partial charge in [0.25, 0.3) is 0 Å². The highest BCUT2D eigenvalue weighted by Gasteiger charge is 2.83. The van der Waals surface area contributed by atoms with Gasteiger partial charge in [0.2, 0.25) is 0 Å². The number of halogens is 6. The largest absolute Gasteiger partial charge is 0.488 e. The van der Waals surface area contributed by atoms with E-state index in [1.807, 2.05) is 0 Å². The molecule has 162 valence electrons. The zero-order valence-electron chi connectivity index (χ0n) is 14.3. The van der Waals surface area contributed by atoms with Gasteiger partial charge in [0, 0.05) is 0 Å². The SMILES string of the molecule is CC(C)(C)Oc1ccc(OS(=O)(=O)C(F)(F)C(F)(F)C(F)(F)S(=O)(=O)O)cc1. The molecule has 0 aromatic heterocycles. The molecule has 1 rings (SSSR count). The molecule has 1 aromatic rings. The van der Waals surface area contributed by atoms with Gasteiger partial charge in [-0.25, -0.2) is 0 Å². The maximum Gasteiger partial charge on any atom is 0.450 e. The fourth-order valence-electron chi connectivity index (χ4n) is 1.58. The fraction of sp³-hybridized carbons (Fsp3) is 0.538. The van der Waals surface area contributed by atoms with E-state index in [2.05, 4.69) is 4.18 Å². The van der Waals surface area contributed by atoms with Crippen LogP contribution in [0.3, 0.4) is 0 Å². The molecule has 1 aromatic carbocycles. The highest BCUT2D eigenvalue weighted by atomic mass is 32.2. The number of hydrogen-bond acceptors (Lipinski definition) is 6. The lowest BCUT2D eigenvalue weighted by Crippen LogP contribution is -2.61. The maximum atomic E-state index is 13.6. The Hall–Kier alpha value is -1.74. The zero-order valence-corrected chi connectivity index (χ0v) is 15.9. The summed E-state index contributed by atoms with van der Waals surface area (Å²) in [5.74, 6) is -7.94. The molecule has 0 amide bonds. The minimum Gasteiger partial charge on any atom is -0.488 e. The maximum absolute atomic E-state index is 13.6. The summed E-state index contributed by atoms with van der Waals surface area (Å²) in [7, 11) is -13.9. The van der Waals surface area contributed by atoms with Crippen molar-refractivity contribution in [3.05, 3.63) is 24.3 Å². The van der Waals surface area contributed by atoms with Gasteiger partial charge in [-0.2, -0.15) is 43.2 Å². The van der Waals surface area contributed by atoms with Crippen LogP contribution in [-0.4, -0.2) is 43.4 Å². The third-order valence-corrected chi connectivity index (χ3v) is 5.02. The molecule has 0 spiro atoms. The average Bonchev–Trinajstić information content (AvgIpc) is 2.45. The van der Waals surface area contributed by atoms with E-state index in [-0.39, 0.29) is 5.75 Å². The summed E-state index contributed by atoms with van der Waals surface area (Å²) in [5, 5.41) is -13.6. The van der Waals surface area contributed by atoms with E-state index in [1.165, 1.54) is 0 Å². The Kier molecular flexibility index (Phi) is 6.03. The van der Waals surface area contributed by atoms with Crippen molar-refractivity contribution >= 4 is 20.2 Å². The summed E-state index contributed by atoms with van der Waals surface area (Å²) in [6.45, 7) is 4.92. The summed E-state index contributed by atoms with van der Waals surface area (Å²) in [4.78, 5) is 0. The first-order chi connectivity index (χ1) is 12.2. The third-order valence-electron chi connectivity index (χ3n) is 2.82. The Morgan fingerprint density at radius 3 is 1.54 bits per heavy atom. The molecule has 15 heteroatoms. The Balaban J connectivity index is 3.24. The quantitative estimate of drug-likeness (QED) is 0.378. The highest BCUT2D eigenvalue weighted by Crippen LogP contribution is 2.50. The standard InChI is InChI=1S/C13H14F6O7S2/c1-10(2,3)25-8-4-6-9(7-5-8)26-28(23,24)13(18,19)11(14,15)12(16,17)27(20,21)22/h4-7H,1-3H3,(H,20,21,22). The zero-order chi connectivity index (χ0) is 22.4. The normalized spacial score (nSPS) is 14.6. The van der Waals surface area contributed by atoms with Crippen LogP contribution >= 0.6 is 0 Å². The van der Waals surface area contributed by atoms with Crippen LogP contribution in [-0.2, 0) is 20.2 Å². The molecule has 0 unspecified atom stereocenters. The highest BCUT2D eigenvalue weighted by molar-refractivity contribution is 7.88. The van der Waals surface area contributed by atoms with E-state index in [1.54, 1.807) is 20.8 Å². The summed E-state index contributed by atoms with van der Waals surface area (Å²) >= 11 is 0. The Bertz CT molecular complexity index is 919. The third kappa shape index (κ3) is 4.46. The molecule has 1 N–H and O–H groups in total. The van der Waals surface area contributed by atoms with Gasteiger partial charge in [0.1, 0.15) is 17.1 Å². The van der Waals surface area contributed by atoms with Crippen LogP contribution in [0.15, 0.2) is 24.3 Å². The van der Waals surface area contributed by atoms with Crippen LogP contribution in [0.5, 0.6) is 11.5 Å².